The van der Waals surface area contributed by atoms with Gasteiger partial charge in [0, 0.05) is 18.7 Å². The maximum atomic E-state index is 13.0. The van der Waals surface area contributed by atoms with Crippen LogP contribution in [0.4, 0.5) is 0 Å². The number of piperidine rings is 1. The number of hydrogen-bond acceptors (Lipinski definition) is 5. The van der Waals surface area contributed by atoms with Crippen molar-refractivity contribution in [2.75, 3.05) is 13.1 Å². The van der Waals surface area contributed by atoms with Crippen molar-refractivity contribution in [3.63, 3.8) is 0 Å². The van der Waals surface area contributed by atoms with E-state index >= 15 is 0 Å². The lowest BCUT2D eigenvalue weighted by Gasteiger charge is -2.37. The predicted molar refractivity (Wildman–Crippen MR) is 90.4 cm³/mol. The molecule has 1 unspecified atom stereocenters. The Hall–Kier alpha value is -2.77. The van der Waals surface area contributed by atoms with Gasteiger partial charge in [-0.05, 0) is 38.3 Å². The summed E-state index contributed by atoms with van der Waals surface area (Å²) in [7, 11) is 0. The number of carbonyl (C=O) groups excluding carboxylic acids is 2. The van der Waals surface area contributed by atoms with Crippen LogP contribution in [-0.4, -0.2) is 61.4 Å². The maximum Gasteiger partial charge on any atom is 0.254 e. The van der Waals surface area contributed by atoms with E-state index in [2.05, 4.69) is 20.6 Å². The second kappa shape index (κ2) is 7.87. The SMILES string of the molecule is CCN(Cc1nn[nH]n1)C(=O)C1CCCCN1C(=O)c1ccccc1. The highest BCUT2D eigenvalue weighted by Gasteiger charge is 2.35. The van der Waals surface area contributed by atoms with E-state index in [1.165, 1.54) is 0 Å². The molecule has 1 atom stereocenters. The lowest BCUT2D eigenvalue weighted by atomic mass is 9.99. The van der Waals surface area contributed by atoms with Crippen molar-refractivity contribution in [3.8, 4) is 0 Å². The van der Waals surface area contributed by atoms with Gasteiger partial charge in [-0.2, -0.15) is 5.21 Å². The fraction of sp³-hybridized carbons (Fsp3) is 0.471. The number of likely N-dealkylation sites (N-methyl/N-ethyl adjacent to an activating group) is 1. The molecule has 1 fully saturated rings. The summed E-state index contributed by atoms with van der Waals surface area (Å²) in [5.74, 6) is 0.317. The van der Waals surface area contributed by atoms with Crippen LogP contribution in [0.1, 0.15) is 42.4 Å². The van der Waals surface area contributed by atoms with Gasteiger partial charge in [0.15, 0.2) is 5.82 Å². The molecule has 1 aliphatic heterocycles. The number of hydrogen-bond donors (Lipinski definition) is 1. The zero-order chi connectivity index (χ0) is 17.6. The molecule has 0 spiro atoms. The summed E-state index contributed by atoms with van der Waals surface area (Å²) < 4.78 is 0. The molecular weight excluding hydrogens is 320 g/mol. The summed E-state index contributed by atoms with van der Waals surface area (Å²) in [4.78, 5) is 29.3. The normalized spacial score (nSPS) is 17.3. The Labute approximate surface area is 146 Å². The molecule has 25 heavy (non-hydrogen) atoms. The number of nitrogens with zero attached hydrogens (tertiary/aromatic N) is 5. The Balaban J connectivity index is 1.77. The molecule has 2 heterocycles. The van der Waals surface area contributed by atoms with E-state index in [4.69, 9.17) is 0 Å². The van der Waals surface area contributed by atoms with Crippen molar-refractivity contribution < 1.29 is 9.59 Å². The number of tetrazole rings is 1. The number of nitrogens with one attached hydrogen (secondary N) is 1. The molecule has 1 aromatic carbocycles. The molecule has 0 aliphatic carbocycles. The molecule has 1 N–H and O–H groups in total. The van der Waals surface area contributed by atoms with Crippen LogP contribution in [-0.2, 0) is 11.3 Å². The topological polar surface area (TPSA) is 95.1 Å². The van der Waals surface area contributed by atoms with Gasteiger partial charge in [0.05, 0.1) is 6.54 Å². The molecule has 1 saturated heterocycles. The molecule has 0 saturated carbocycles. The number of aromatic amines is 1. The molecule has 1 aliphatic rings. The van der Waals surface area contributed by atoms with Crippen LogP contribution in [0.25, 0.3) is 0 Å². The van der Waals surface area contributed by atoms with E-state index in [9.17, 15) is 9.59 Å². The second-order valence-corrected chi connectivity index (χ2v) is 6.06. The van der Waals surface area contributed by atoms with Crippen molar-refractivity contribution in [3.05, 3.63) is 41.7 Å². The first-order valence-electron chi connectivity index (χ1n) is 8.58. The van der Waals surface area contributed by atoms with E-state index in [0.29, 0.717) is 30.9 Å². The molecule has 0 radical (unpaired) electrons. The number of benzene rings is 1. The monoisotopic (exact) mass is 342 g/mol. The summed E-state index contributed by atoms with van der Waals surface area (Å²) in [6, 6.07) is 8.68. The number of amides is 2. The number of rotatable bonds is 5. The van der Waals surface area contributed by atoms with E-state index in [1.807, 2.05) is 25.1 Å². The smallest absolute Gasteiger partial charge is 0.254 e. The first-order valence-corrected chi connectivity index (χ1v) is 8.58. The Kier molecular flexibility index (Phi) is 5.37. The van der Waals surface area contributed by atoms with Crippen molar-refractivity contribution >= 4 is 11.8 Å². The van der Waals surface area contributed by atoms with Crippen LogP contribution in [0, 0.1) is 0 Å². The zero-order valence-electron chi connectivity index (χ0n) is 14.3. The van der Waals surface area contributed by atoms with Crippen LogP contribution in [0.15, 0.2) is 30.3 Å². The van der Waals surface area contributed by atoms with Crippen LogP contribution in [0.5, 0.6) is 0 Å². The molecule has 2 aromatic rings. The van der Waals surface area contributed by atoms with E-state index in [-0.39, 0.29) is 18.4 Å². The fourth-order valence-corrected chi connectivity index (χ4v) is 3.15. The summed E-state index contributed by atoms with van der Waals surface area (Å²) in [6.45, 7) is 3.32. The molecule has 3 rings (SSSR count). The molecule has 8 nitrogen and oxygen atoms in total. The first kappa shape index (κ1) is 17.1. The quantitative estimate of drug-likeness (QED) is 0.882. The summed E-state index contributed by atoms with van der Waals surface area (Å²) in [6.07, 6.45) is 2.54. The van der Waals surface area contributed by atoms with E-state index in [1.54, 1.807) is 21.9 Å². The Morgan fingerprint density at radius 2 is 2.08 bits per heavy atom. The summed E-state index contributed by atoms with van der Waals surface area (Å²) in [5, 5.41) is 13.7. The van der Waals surface area contributed by atoms with Crippen molar-refractivity contribution in [1.82, 2.24) is 30.4 Å². The van der Waals surface area contributed by atoms with Gasteiger partial charge < -0.3 is 9.80 Å². The zero-order valence-corrected chi connectivity index (χ0v) is 14.3. The lowest BCUT2D eigenvalue weighted by Crippen LogP contribution is -2.53. The molecular formula is C17H22N6O2. The number of likely N-dealkylation sites (tertiary alicyclic amines) is 1. The number of H-pyrrole nitrogens is 1. The highest BCUT2D eigenvalue weighted by molar-refractivity contribution is 5.97. The van der Waals surface area contributed by atoms with Crippen molar-refractivity contribution in [1.29, 1.82) is 0 Å². The predicted octanol–water partition coefficient (Wildman–Crippen LogP) is 1.24. The number of carbonyl (C=O) groups is 2. The van der Waals surface area contributed by atoms with Gasteiger partial charge >= 0.3 is 0 Å². The van der Waals surface area contributed by atoms with Crippen LogP contribution in [0.2, 0.25) is 0 Å². The van der Waals surface area contributed by atoms with Crippen molar-refractivity contribution in [2.24, 2.45) is 0 Å². The van der Waals surface area contributed by atoms with E-state index in [0.717, 1.165) is 12.8 Å². The number of aromatic nitrogens is 4. The van der Waals surface area contributed by atoms with Gasteiger partial charge in [0.2, 0.25) is 5.91 Å². The second-order valence-electron chi connectivity index (χ2n) is 6.06. The first-order chi connectivity index (χ1) is 12.2. The van der Waals surface area contributed by atoms with Crippen LogP contribution in [0.3, 0.4) is 0 Å². The van der Waals surface area contributed by atoms with Crippen LogP contribution < -0.4 is 0 Å². The third-order valence-electron chi connectivity index (χ3n) is 4.48. The van der Waals surface area contributed by atoms with Gasteiger partial charge in [0.25, 0.3) is 5.91 Å². The van der Waals surface area contributed by atoms with Gasteiger partial charge in [0.1, 0.15) is 6.04 Å². The Morgan fingerprint density at radius 3 is 2.76 bits per heavy atom. The molecule has 2 amide bonds. The molecule has 1 aromatic heterocycles. The highest BCUT2D eigenvalue weighted by Crippen LogP contribution is 2.22. The minimum atomic E-state index is -0.437. The largest absolute Gasteiger partial charge is 0.333 e. The standard InChI is InChI=1S/C17H22N6O2/c1-2-22(12-15-18-20-21-19-15)17(25)14-10-6-7-11-23(14)16(24)13-8-4-3-5-9-13/h3-5,8-9,14H,2,6-7,10-12H2,1H3,(H,18,19,20,21). The average Bonchev–Trinajstić information content (AvgIpc) is 3.19. The average molecular weight is 342 g/mol. The molecule has 8 heteroatoms. The van der Waals surface area contributed by atoms with E-state index < -0.39 is 6.04 Å². The minimum absolute atomic E-state index is 0.0590. The third kappa shape index (κ3) is 3.84. The molecule has 132 valence electrons. The van der Waals surface area contributed by atoms with Crippen LogP contribution >= 0.6 is 0 Å². The lowest BCUT2D eigenvalue weighted by molar-refractivity contribution is -0.137. The van der Waals surface area contributed by atoms with Gasteiger partial charge in [-0.3, -0.25) is 9.59 Å². The Bertz CT molecular complexity index is 703. The van der Waals surface area contributed by atoms with Gasteiger partial charge in [-0.25, -0.2) is 0 Å². The third-order valence-corrected chi connectivity index (χ3v) is 4.48. The van der Waals surface area contributed by atoms with Crippen molar-refractivity contribution in [2.45, 2.75) is 38.8 Å². The summed E-state index contributed by atoms with van der Waals surface area (Å²) in [5.41, 5.74) is 0.614. The maximum absolute atomic E-state index is 13.0. The Morgan fingerprint density at radius 1 is 1.28 bits per heavy atom. The molecule has 0 bridgehead atoms. The fourth-order valence-electron chi connectivity index (χ4n) is 3.15. The van der Waals surface area contributed by atoms with Gasteiger partial charge in [-0.1, -0.05) is 23.4 Å². The van der Waals surface area contributed by atoms with Gasteiger partial charge in [-0.15, -0.1) is 10.2 Å². The highest BCUT2D eigenvalue weighted by atomic mass is 16.2. The minimum Gasteiger partial charge on any atom is -0.333 e. The summed E-state index contributed by atoms with van der Waals surface area (Å²) >= 11 is 0.